The molecule has 8 nitrogen and oxygen atoms in total. The number of ether oxygens (including phenoxy) is 1. The predicted molar refractivity (Wildman–Crippen MR) is 115 cm³/mol. The third-order valence-corrected chi connectivity index (χ3v) is 6.76. The van der Waals surface area contributed by atoms with Crippen molar-refractivity contribution in [3.63, 3.8) is 0 Å². The Hall–Kier alpha value is -3.05. The predicted octanol–water partition coefficient (Wildman–Crippen LogP) is 4.34. The molecule has 2 aromatic heterocycles. The van der Waals surface area contributed by atoms with Gasteiger partial charge in [0.05, 0.1) is 30.1 Å². The molecular formula is C21H21F4N5O3S. The van der Waals surface area contributed by atoms with Crippen molar-refractivity contribution >= 4 is 40.0 Å². The molecule has 34 heavy (non-hydrogen) atoms. The van der Waals surface area contributed by atoms with E-state index in [-0.39, 0.29) is 30.5 Å². The molecular weight excluding hydrogens is 478 g/mol. The summed E-state index contributed by atoms with van der Waals surface area (Å²) in [6.07, 6.45) is -4.07. The van der Waals surface area contributed by atoms with Gasteiger partial charge in [-0.25, -0.2) is 18.9 Å². The summed E-state index contributed by atoms with van der Waals surface area (Å²) in [4.78, 5) is 33.9. The van der Waals surface area contributed by atoms with Crippen LogP contribution in [-0.2, 0) is 35.6 Å². The molecule has 0 aromatic carbocycles. The molecule has 0 unspecified atom stereocenters. The van der Waals surface area contributed by atoms with Gasteiger partial charge in [0, 0.05) is 18.0 Å². The number of halogens is 4. The molecule has 2 aliphatic carbocycles. The van der Waals surface area contributed by atoms with Gasteiger partial charge in [-0.3, -0.25) is 4.79 Å². The molecule has 2 heterocycles. The van der Waals surface area contributed by atoms with E-state index in [0.29, 0.717) is 29.8 Å². The number of anilines is 1. The zero-order valence-electron chi connectivity index (χ0n) is 18.3. The van der Waals surface area contributed by atoms with E-state index in [1.54, 1.807) is 6.92 Å². The van der Waals surface area contributed by atoms with Crippen molar-refractivity contribution in [3.8, 4) is 0 Å². The Morgan fingerprint density at radius 1 is 1.41 bits per heavy atom. The van der Waals surface area contributed by atoms with E-state index in [1.807, 2.05) is 0 Å². The zero-order chi connectivity index (χ0) is 24.6. The summed E-state index contributed by atoms with van der Waals surface area (Å²) < 4.78 is 57.8. The summed E-state index contributed by atoms with van der Waals surface area (Å²) in [6.45, 7) is 1.81. The maximum atomic E-state index is 13.3. The Bertz CT molecular complexity index is 1180. The number of amides is 1. The highest BCUT2D eigenvalue weighted by atomic mass is 32.1. The molecule has 2 aromatic rings. The van der Waals surface area contributed by atoms with Gasteiger partial charge in [-0.15, -0.1) is 11.3 Å². The molecule has 0 radical (unpaired) electrons. The molecule has 0 bridgehead atoms. The fourth-order valence-electron chi connectivity index (χ4n) is 3.69. The molecule has 0 spiro atoms. The maximum absolute atomic E-state index is 13.3. The van der Waals surface area contributed by atoms with E-state index < -0.39 is 35.8 Å². The first-order valence-corrected chi connectivity index (χ1v) is 11.4. The number of carbonyl (C=O) groups is 2. The number of aryl methyl sites for hydroxylation is 2. The van der Waals surface area contributed by atoms with Crippen LogP contribution in [0, 0.1) is 5.92 Å². The average molecular weight is 499 g/mol. The zero-order valence-corrected chi connectivity index (χ0v) is 19.1. The van der Waals surface area contributed by atoms with Gasteiger partial charge < -0.3 is 10.1 Å². The van der Waals surface area contributed by atoms with Crippen LogP contribution in [-0.4, -0.2) is 46.5 Å². The molecule has 2 aliphatic rings. The largest absolute Gasteiger partial charge is 0.462 e. The molecule has 1 amide bonds. The highest BCUT2D eigenvalue weighted by Gasteiger charge is 2.44. The molecule has 13 heteroatoms. The number of thiophene rings is 1. The number of hydrogen-bond donors (Lipinski definition) is 1. The van der Waals surface area contributed by atoms with Crippen molar-refractivity contribution in [2.45, 2.75) is 51.0 Å². The molecule has 1 fully saturated rings. The van der Waals surface area contributed by atoms with Gasteiger partial charge in [-0.1, -0.05) is 0 Å². The van der Waals surface area contributed by atoms with Gasteiger partial charge >= 0.3 is 12.1 Å². The van der Waals surface area contributed by atoms with E-state index in [4.69, 9.17) is 4.74 Å². The number of fused-ring (bicyclic) bond motifs is 1. The first-order valence-electron chi connectivity index (χ1n) is 10.6. The van der Waals surface area contributed by atoms with Crippen molar-refractivity contribution in [1.29, 1.82) is 0 Å². The number of alkyl halides is 4. The number of rotatable bonds is 6. The number of aromatic nitrogens is 2. The lowest BCUT2D eigenvalue weighted by molar-refractivity contribution is -0.141. The Morgan fingerprint density at radius 2 is 2.15 bits per heavy atom. The third kappa shape index (κ3) is 5.05. The first-order chi connectivity index (χ1) is 16.1. The summed E-state index contributed by atoms with van der Waals surface area (Å²) >= 11 is 1.26. The second-order valence-corrected chi connectivity index (χ2v) is 9.13. The highest BCUT2D eigenvalue weighted by Crippen LogP contribution is 2.41. The maximum Gasteiger partial charge on any atom is 0.435 e. The lowest BCUT2D eigenvalue weighted by atomic mass is 9.92. The van der Waals surface area contributed by atoms with Gasteiger partial charge in [0.15, 0.2) is 11.5 Å². The van der Waals surface area contributed by atoms with Crippen LogP contribution >= 0.6 is 11.3 Å². The quantitative estimate of drug-likeness (QED) is 0.363. The smallest absolute Gasteiger partial charge is 0.435 e. The summed E-state index contributed by atoms with van der Waals surface area (Å²) in [6, 6.07) is 2.93. The van der Waals surface area contributed by atoms with Crippen LogP contribution in [0.2, 0.25) is 0 Å². The monoisotopic (exact) mass is 499 g/mol. The molecule has 0 aliphatic heterocycles. The minimum atomic E-state index is -4.58. The van der Waals surface area contributed by atoms with Crippen molar-refractivity contribution < 1.29 is 31.9 Å². The fourth-order valence-corrected chi connectivity index (χ4v) is 4.92. The fraction of sp³-hybridized carbons (Fsp3) is 0.524. The molecule has 182 valence electrons. The highest BCUT2D eigenvalue weighted by molar-refractivity contribution is 7.17. The van der Waals surface area contributed by atoms with Crippen molar-refractivity contribution in [2.75, 3.05) is 11.9 Å². The van der Waals surface area contributed by atoms with Crippen LogP contribution in [0.1, 0.15) is 46.3 Å². The Morgan fingerprint density at radius 3 is 2.76 bits per heavy atom. The number of esters is 1. The van der Waals surface area contributed by atoms with E-state index in [1.165, 1.54) is 18.4 Å². The van der Waals surface area contributed by atoms with Gasteiger partial charge in [0.2, 0.25) is 5.91 Å². The Balaban J connectivity index is 1.55. The average Bonchev–Trinajstić information content (AvgIpc) is 3.21. The van der Waals surface area contributed by atoms with Gasteiger partial charge in [-0.2, -0.15) is 23.3 Å². The summed E-state index contributed by atoms with van der Waals surface area (Å²) in [5.74, 6) is -1.80. The Labute approximate surface area is 195 Å². The summed E-state index contributed by atoms with van der Waals surface area (Å²) in [7, 11) is 1.34. The van der Waals surface area contributed by atoms with Crippen LogP contribution in [0.3, 0.4) is 0 Å². The van der Waals surface area contributed by atoms with Crippen LogP contribution in [0.15, 0.2) is 16.1 Å². The second kappa shape index (κ2) is 9.30. The minimum absolute atomic E-state index is 0.0495. The van der Waals surface area contributed by atoms with Gasteiger partial charge in [-0.05, 0) is 38.2 Å². The van der Waals surface area contributed by atoms with Crippen LogP contribution in [0.25, 0.3) is 0 Å². The van der Waals surface area contributed by atoms with Crippen LogP contribution in [0.4, 0.5) is 28.4 Å². The lowest BCUT2D eigenvalue weighted by Crippen LogP contribution is -2.20. The van der Waals surface area contributed by atoms with Gasteiger partial charge in [0.25, 0.3) is 0 Å². The van der Waals surface area contributed by atoms with E-state index >= 15 is 0 Å². The van der Waals surface area contributed by atoms with Crippen LogP contribution < -0.4 is 5.32 Å². The Kier molecular flexibility index (Phi) is 6.59. The first kappa shape index (κ1) is 24.1. The number of nitrogens with one attached hydrogen (secondary N) is 1. The number of aliphatic imine (C=N–C) groups is 2. The standard InChI is InChI=1S/C21H21F4N5O3S/c1-3-33-20(32)17-12-6-10(26-9-27-16-8-15(21(23,24)25)29-30(16)2)4-5-14(12)34-19(17)28-18(31)11-7-13(11)22/h8,10-11,13H,3-7H2,1-2H3,(H,28,31)/t10-,11-,13+/m0/s1. The van der Waals surface area contributed by atoms with Crippen molar-refractivity contribution in [1.82, 2.24) is 9.78 Å². The van der Waals surface area contributed by atoms with Crippen molar-refractivity contribution in [3.05, 3.63) is 27.8 Å². The van der Waals surface area contributed by atoms with Crippen molar-refractivity contribution in [2.24, 2.45) is 23.0 Å². The minimum Gasteiger partial charge on any atom is -0.462 e. The van der Waals surface area contributed by atoms with Crippen LogP contribution in [0.5, 0.6) is 0 Å². The lowest BCUT2D eigenvalue weighted by Gasteiger charge is -2.18. The topological polar surface area (TPSA) is 97.9 Å². The van der Waals surface area contributed by atoms with E-state index in [9.17, 15) is 27.2 Å². The number of nitrogens with zero attached hydrogens (tertiary/aromatic N) is 4. The van der Waals surface area contributed by atoms with Gasteiger partial charge in [0.1, 0.15) is 11.2 Å². The molecule has 1 saturated carbocycles. The molecule has 3 atom stereocenters. The SMILES string of the molecule is CCOC(=O)c1c(NC(=O)[C@H]2C[C@H]2F)sc2c1C[C@@H](N=C=Nc1cc(C(F)(F)F)nn1C)CC2. The second-order valence-electron chi connectivity index (χ2n) is 8.02. The summed E-state index contributed by atoms with van der Waals surface area (Å²) in [5, 5.41) is 6.39. The molecule has 0 saturated heterocycles. The van der Waals surface area contributed by atoms with E-state index in [0.717, 1.165) is 15.6 Å². The number of hydrogen-bond acceptors (Lipinski definition) is 7. The van der Waals surface area contributed by atoms with E-state index in [2.05, 4.69) is 26.4 Å². The summed E-state index contributed by atoms with van der Waals surface area (Å²) in [5.41, 5.74) is -0.132. The number of carbonyl (C=O) groups excluding carboxylic acids is 2. The normalized spacial score (nSPS) is 21.3. The molecule has 1 N–H and O–H groups in total. The molecule has 4 rings (SSSR count). The third-order valence-electron chi connectivity index (χ3n) is 5.55.